The van der Waals surface area contributed by atoms with Gasteiger partial charge in [0, 0.05) is 11.5 Å². The quantitative estimate of drug-likeness (QED) is 0.623. The van der Waals surface area contributed by atoms with Crippen molar-refractivity contribution in [2.45, 2.75) is 45.6 Å². The first-order chi connectivity index (χ1) is 5.04. The molecule has 2 nitrogen and oxygen atoms in total. The van der Waals surface area contributed by atoms with Gasteiger partial charge < -0.3 is 5.73 Å². The highest BCUT2D eigenvalue weighted by atomic mass is 16.1. The molecule has 0 spiro atoms. The standard InChI is InChI=1S/C9H17NO/c1-7(11)9(2)5-3-8(10)4-6-9/h8H,3-6,10H2,1-2H3/t8-,9-. The second-order valence-corrected chi connectivity index (χ2v) is 3.95. The molecule has 0 aromatic heterocycles. The topological polar surface area (TPSA) is 43.1 Å². The summed E-state index contributed by atoms with van der Waals surface area (Å²) in [7, 11) is 0. The van der Waals surface area contributed by atoms with E-state index in [-0.39, 0.29) is 5.41 Å². The highest BCUT2D eigenvalue weighted by Gasteiger charge is 2.33. The van der Waals surface area contributed by atoms with Gasteiger partial charge in [-0.2, -0.15) is 0 Å². The minimum absolute atomic E-state index is 0.0597. The number of ketones is 1. The van der Waals surface area contributed by atoms with Crippen molar-refractivity contribution < 1.29 is 4.79 Å². The molecule has 0 aromatic carbocycles. The molecular weight excluding hydrogens is 138 g/mol. The molecule has 0 radical (unpaired) electrons. The lowest BCUT2D eigenvalue weighted by Gasteiger charge is -2.33. The lowest BCUT2D eigenvalue weighted by Crippen LogP contribution is -2.36. The molecule has 0 aliphatic heterocycles. The summed E-state index contributed by atoms with van der Waals surface area (Å²) >= 11 is 0. The Hall–Kier alpha value is -0.370. The van der Waals surface area contributed by atoms with Crippen LogP contribution in [0.2, 0.25) is 0 Å². The molecule has 2 N–H and O–H groups in total. The number of hydrogen-bond donors (Lipinski definition) is 1. The highest BCUT2D eigenvalue weighted by molar-refractivity contribution is 5.81. The molecule has 1 rings (SSSR count). The smallest absolute Gasteiger partial charge is 0.135 e. The zero-order valence-corrected chi connectivity index (χ0v) is 7.39. The Morgan fingerprint density at radius 3 is 2.27 bits per heavy atom. The van der Waals surface area contributed by atoms with Gasteiger partial charge in [0.15, 0.2) is 0 Å². The predicted octanol–water partition coefficient (Wildman–Crippen LogP) is 1.48. The molecule has 1 aliphatic rings. The summed E-state index contributed by atoms with van der Waals surface area (Å²) in [5.74, 6) is 0.324. The number of carbonyl (C=O) groups is 1. The monoisotopic (exact) mass is 155 g/mol. The summed E-state index contributed by atoms with van der Waals surface area (Å²) < 4.78 is 0. The Morgan fingerprint density at radius 1 is 1.45 bits per heavy atom. The van der Waals surface area contributed by atoms with Gasteiger partial charge in [0.1, 0.15) is 5.78 Å². The van der Waals surface area contributed by atoms with Gasteiger partial charge in [0.2, 0.25) is 0 Å². The average Bonchev–Trinajstić information content (AvgIpc) is 1.95. The fourth-order valence-corrected chi connectivity index (χ4v) is 1.63. The van der Waals surface area contributed by atoms with E-state index in [2.05, 4.69) is 6.92 Å². The van der Waals surface area contributed by atoms with Crippen molar-refractivity contribution >= 4 is 5.78 Å². The van der Waals surface area contributed by atoms with Crippen LogP contribution in [-0.2, 0) is 4.79 Å². The van der Waals surface area contributed by atoms with Crippen molar-refractivity contribution in [1.82, 2.24) is 0 Å². The highest BCUT2D eigenvalue weighted by Crippen LogP contribution is 2.35. The van der Waals surface area contributed by atoms with Gasteiger partial charge in [-0.05, 0) is 32.6 Å². The average molecular weight is 155 g/mol. The fourth-order valence-electron chi connectivity index (χ4n) is 1.63. The number of nitrogens with two attached hydrogens (primary N) is 1. The molecule has 0 amide bonds. The number of hydrogen-bond acceptors (Lipinski definition) is 2. The van der Waals surface area contributed by atoms with Crippen LogP contribution >= 0.6 is 0 Å². The molecule has 1 saturated carbocycles. The third-order valence-electron chi connectivity index (χ3n) is 2.98. The summed E-state index contributed by atoms with van der Waals surface area (Å²) in [5, 5.41) is 0. The second-order valence-electron chi connectivity index (χ2n) is 3.95. The van der Waals surface area contributed by atoms with E-state index in [9.17, 15) is 4.79 Å². The maximum Gasteiger partial charge on any atom is 0.135 e. The van der Waals surface area contributed by atoms with Crippen molar-refractivity contribution in [2.24, 2.45) is 11.1 Å². The number of Topliss-reactive ketones (excluding diaryl/α,β-unsaturated/α-hetero) is 1. The van der Waals surface area contributed by atoms with Crippen LogP contribution in [0.4, 0.5) is 0 Å². The van der Waals surface area contributed by atoms with Crippen LogP contribution in [0.25, 0.3) is 0 Å². The Kier molecular flexibility index (Phi) is 2.33. The van der Waals surface area contributed by atoms with Crippen molar-refractivity contribution in [3.05, 3.63) is 0 Å². The Morgan fingerprint density at radius 2 is 1.91 bits per heavy atom. The lowest BCUT2D eigenvalue weighted by atomic mass is 9.72. The van der Waals surface area contributed by atoms with E-state index < -0.39 is 0 Å². The third kappa shape index (κ3) is 1.80. The molecular formula is C9H17NO. The van der Waals surface area contributed by atoms with Crippen molar-refractivity contribution in [2.75, 3.05) is 0 Å². The van der Waals surface area contributed by atoms with E-state index in [1.807, 2.05) is 0 Å². The SMILES string of the molecule is CC(=O)[C@]1(C)CC[C@@H](N)CC1. The molecule has 0 heterocycles. The van der Waals surface area contributed by atoms with E-state index in [0.717, 1.165) is 25.7 Å². The number of rotatable bonds is 1. The summed E-state index contributed by atoms with van der Waals surface area (Å²) in [6.07, 6.45) is 3.97. The molecule has 0 unspecified atom stereocenters. The fraction of sp³-hybridized carbons (Fsp3) is 0.889. The normalized spacial score (nSPS) is 38.6. The van der Waals surface area contributed by atoms with Crippen molar-refractivity contribution in [3.8, 4) is 0 Å². The molecule has 0 saturated heterocycles. The van der Waals surface area contributed by atoms with Gasteiger partial charge >= 0.3 is 0 Å². The van der Waals surface area contributed by atoms with E-state index in [1.165, 1.54) is 0 Å². The Balaban J connectivity index is 2.55. The summed E-state index contributed by atoms with van der Waals surface area (Å²) in [5.41, 5.74) is 5.69. The molecule has 0 atom stereocenters. The van der Waals surface area contributed by atoms with Crippen molar-refractivity contribution in [3.63, 3.8) is 0 Å². The minimum atomic E-state index is -0.0597. The Labute approximate surface area is 68.2 Å². The van der Waals surface area contributed by atoms with Crippen LogP contribution in [0.15, 0.2) is 0 Å². The van der Waals surface area contributed by atoms with Gasteiger partial charge in [-0.25, -0.2) is 0 Å². The lowest BCUT2D eigenvalue weighted by molar-refractivity contribution is -0.127. The van der Waals surface area contributed by atoms with Crippen LogP contribution in [0.5, 0.6) is 0 Å². The number of carbonyl (C=O) groups excluding carboxylic acids is 1. The summed E-state index contributed by atoms with van der Waals surface area (Å²) in [6, 6.07) is 0.336. The largest absolute Gasteiger partial charge is 0.328 e. The van der Waals surface area contributed by atoms with E-state index in [1.54, 1.807) is 6.92 Å². The predicted molar refractivity (Wildman–Crippen MR) is 45.2 cm³/mol. The molecule has 2 heteroatoms. The van der Waals surface area contributed by atoms with Crippen LogP contribution < -0.4 is 5.73 Å². The van der Waals surface area contributed by atoms with Crippen LogP contribution in [0.3, 0.4) is 0 Å². The summed E-state index contributed by atoms with van der Waals surface area (Å²) in [6.45, 7) is 3.75. The second kappa shape index (κ2) is 2.94. The van der Waals surface area contributed by atoms with Gasteiger partial charge in [-0.15, -0.1) is 0 Å². The van der Waals surface area contributed by atoms with Crippen molar-refractivity contribution in [1.29, 1.82) is 0 Å². The molecule has 1 aliphatic carbocycles. The maximum absolute atomic E-state index is 11.2. The van der Waals surface area contributed by atoms with Gasteiger partial charge in [0.05, 0.1) is 0 Å². The van der Waals surface area contributed by atoms with Crippen LogP contribution in [0.1, 0.15) is 39.5 Å². The summed E-state index contributed by atoms with van der Waals surface area (Å²) in [4.78, 5) is 11.2. The zero-order valence-electron chi connectivity index (χ0n) is 7.39. The zero-order chi connectivity index (χ0) is 8.48. The molecule has 64 valence electrons. The molecule has 1 fully saturated rings. The van der Waals surface area contributed by atoms with Gasteiger partial charge in [0.25, 0.3) is 0 Å². The Bertz CT molecular complexity index is 157. The first-order valence-corrected chi connectivity index (χ1v) is 4.31. The van der Waals surface area contributed by atoms with Gasteiger partial charge in [-0.1, -0.05) is 6.92 Å². The minimum Gasteiger partial charge on any atom is -0.328 e. The molecule has 11 heavy (non-hydrogen) atoms. The van der Waals surface area contributed by atoms with Gasteiger partial charge in [-0.3, -0.25) is 4.79 Å². The van der Waals surface area contributed by atoms with Crippen LogP contribution in [0, 0.1) is 5.41 Å². The van der Waals surface area contributed by atoms with E-state index in [4.69, 9.17) is 5.73 Å². The molecule has 0 aromatic rings. The first kappa shape index (κ1) is 8.72. The van der Waals surface area contributed by atoms with E-state index in [0.29, 0.717) is 11.8 Å². The van der Waals surface area contributed by atoms with E-state index >= 15 is 0 Å². The van der Waals surface area contributed by atoms with Crippen LogP contribution in [-0.4, -0.2) is 11.8 Å². The molecule has 0 bridgehead atoms. The third-order valence-corrected chi connectivity index (χ3v) is 2.98. The maximum atomic E-state index is 11.2. The first-order valence-electron chi connectivity index (χ1n) is 4.31.